The molecule has 0 aliphatic carbocycles. The summed E-state index contributed by atoms with van der Waals surface area (Å²) in [7, 11) is 0. The first-order chi connectivity index (χ1) is 6.07. The predicted molar refractivity (Wildman–Crippen MR) is 55.1 cm³/mol. The van der Waals surface area contributed by atoms with Crippen molar-refractivity contribution in [3.8, 4) is 0 Å². The number of anilines is 1. The summed E-state index contributed by atoms with van der Waals surface area (Å²) >= 11 is 0. The van der Waals surface area contributed by atoms with E-state index in [1.54, 1.807) is 0 Å². The SMILES string of the molecule is CC(C)(C)c1cc2c(cn1)CCN2. The van der Waals surface area contributed by atoms with Crippen LogP contribution in [0.15, 0.2) is 12.3 Å². The van der Waals surface area contributed by atoms with E-state index in [2.05, 4.69) is 37.1 Å². The number of rotatable bonds is 0. The van der Waals surface area contributed by atoms with E-state index in [4.69, 9.17) is 0 Å². The van der Waals surface area contributed by atoms with Crippen molar-refractivity contribution in [1.82, 2.24) is 4.98 Å². The maximum atomic E-state index is 4.48. The molecule has 0 aromatic carbocycles. The maximum absolute atomic E-state index is 4.48. The van der Waals surface area contributed by atoms with Gasteiger partial charge in [-0.2, -0.15) is 0 Å². The first-order valence-electron chi connectivity index (χ1n) is 4.80. The highest BCUT2D eigenvalue weighted by Crippen LogP contribution is 2.27. The van der Waals surface area contributed by atoms with Crippen molar-refractivity contribution in [3.63, 3.8) is 0 Å². The Labute approximate surface area is 79.4 Å². The lowest BCUT2D eigenvalue weighted by Crippen LogP contribution is -2.13. The normalized spacial score (nSPS) is 15.3. The van der Waals surface area contributed by atoms with Crippen LogP contribution in [0.25, 0.3) is 0 Å². The molecule has 1 N–H and O–H groups in total. The maximum Gasteiger partial charge on any atom is 0.0477 e. The molecule has 0 saturated carbocycles. The first kappa shape index (κ1) is 8.54. The second-order valence-electron chi connectivity index (χ2n) is 4.65. The summed E-state index contributed by atoms with van der Waals surface area (Å²) in [5.41, 5.74) is 3.95. The zero-order chi connectivity index (χ0) is 9.47. The Morgan fingerprint density at radius 2 is 2.15 bits per heavy atom. The summed E-state index contributed by atoms with van der Waals surface area (Å²) in [4.78, 5) is 4.48. The molecule has 0 atom stereocenters. The highest BCUT2D eigenvalue weighted by Gasteiger charge is 2.18. The minimum absolute atomic E-state index is 0.152. The Bertz CT molecular complexity index is 323. The summed E-state index contributed by atoms with van der Waals surface area (Å²) in [6.07, 6.45) is 3.13. The van der Waals surface area contributed by atoms with Gasteiger partial charge in [-0.3, -0.25) is 4.98 Å². The Kier molecular flexibility index (Phi) is 1.79. The second kappa shape index (κ2) is 2.72. The molecule has 0 unspecified atom stereocenters. The molecule has 1 aromatic heterocycles. The number of pyridine rings is 1. The zero-order valence-corrected chi connectivity index (χ0v) is 8.52. The van der Waals surface area contributed by atoms with Gasteiger partial charge in [0.15, 0.2) is 0 Å². The van der Waals surface area contributed by atoms with E-state index in [0.717, 1.165) is 13.0 Å². The largest absolute Gasteiger partial charge is 0.384 e. The molecular formula is C11H16N2. The molecule has 0 bridgehead atoms. The molecule has 2 heteroatoms. The lowest BCUT2D eigenvalue weighted by molar-refractivity contribution is 0.569. The van der Waals surface area contributed by atoms with Gasteiger partial charge >= 0.3 is 0 Å². The molecule has 0 spiro atoms. The van der Waals surface area contributed by atoms with E-state index < -0.39 is 0 Å². The lowest BCUT2D eigenvalue weighted by Gasteiger charge is -2.18. The van der Waals surface area contributed by atoms with Crippen molar-refractivity contribution in [1.29, 1.82) is 0 Å². The van der Waals surface area contributed by atoms with Crippen LogP contribution in [-0.4, -0.2) is 11.5 Å². The van der Waals surface area contributed by atoms with Gasteiger partial charge in [-0.1, -0.05) is 20.8 Å². The number of aromatic nitrogens is 1. The van der Waals surface area contributed by atoms with Crippen molar-refractivity contribution in [2.24, 2.45) is 0 Å². The quantitative estimate of drug-likeness (QED) is 0.656. The van der Waals surface area contributed by atoms with Gasteiger partial charge in [0.2, 0.25) is 0 Å². The molecule has 0 amide bonds. The summed E-state index contributed by atoms with van der Waals surface area (Å²) in [6, 6.07) is 2.18. The average Bonchev–Trinajstić information content (AvgIpc) is 2.47. The molecule has 1 aliphatic rings. The Morgan fingerprint density at radius 3 is 2.85 bits per heavy atom. The van der Waals surface area contributed by atoms with Crippen molar-refractivity contribution >= 4 is 5.69 Å². The van der Waals surface area contributed by atoms with Crippen LogP contribution in [0.2, 0.25) is 0 Å². The minimum Gasteiger partial charge on any atom is -0.384 e. The molecule has 2 nitrogen and oxygen atoms in total. The molecular weight excluding hydrogens is 160 g/mol. The van der Waals surface area contributed by atoms with Crippen molar-refractivity contribution in [2.45, 2.75) is 32.6 Å². The molecule has 13 heavy (non-hydrogen) atoms. The number of fused-ring (bicyclic) bond motifs is 1. The lowest BCUT2D eigenvalue weighted by atomic mass is 9.91. The van der Waals surface area contributed by atoms with Crippen molar-refractivity contribution in [3.05, 3.63) is 23.5 Å². The highest BCUT2D eigenvalue weighted by molar-refractivity contribution is 5.55. The Hall–Kier alpha value is -1.05. The van der Waals surface area contributed by atoms with Crippen LogP contribution in [0.1, 0.15) is 32.0 Å². The van der Waals surface area contributed by atoms with Gasteiger partial charge in [0, 0.05) is 29.5 Å². The van der Waals surface area contributed by atoms with Gasteiger partial charge in [-0.05, 0) is 18.1 Å². The van der Waals surface area contributed by atoms with Crippen LogP contribution >= 0.6 is 0 Å². The van der Waals surface area contributed by atoms with Crippen LogP contribution < -0.4 is 5.32 Å². The Morgan fingerprint density at radius 1 is 1.38 bits per heavy atom. The highest BCUT2D eigenvalue weighted by atomic mass is 14.9. The molecule has 0 radical (unpaired) electrons. The van der Waals surface area contributed by atoms with E-state index in [9.17, 15) is 0 Å². The van der Waals surface area contributed by atoms with E-state index in [1.807, 2.05) is 6.20 Å². The van der Waals surface area contributed by atoms with E-state index in [0.29, 0.717) is 0 Å². The number of hydrogen-bond donors (Lipinski definition) is 1. The minimum atomic E-state index is 0.152. The van der Waals surface area contributed by atoms with Gasteiger partial charge in [-0.15, -0.1) is 0 Å². The molecule has 0 fully saturated rings. The van der Waals surface area contributed by atoms with Crippen LogP contribution in [0.3, 0.4) is 0 Å². The molecule has 2 rings (SSSR count). The second-order valence-corrected chi connectivity index (χ2v) is 4.65. The van der Waals surface area contributed by atoms with Gasteiger partial charge in [-0.25, -0.2) is 0 Å². The van der Waals surface area contributed by atoms with Gasteiger partial charge in [0.1, 0.15) is 0 Å². The summed E-state index contributed by atoms with van der Waals surface area (Å²) in [5.74, 6) is 0. The first-order valence-corrected chi connectivity index (χ1v) is 4.80. The third-order valence-corrected chi connectivity index (χ3v) is 2.46. The monoisotopic (exact) mass is 176 g/mol. The molecule has 70 valence electrons. The fraction of sp³-hybridized carbons (Fsp3) is 0.545. The topological polar surface area (TPSA) is 24.9 Å². The number of hydrogen-bond acceptors (Lipinski definition) is 2. The van der Waals surface area contributed by atoms with Crippen LogP contribution in [0.4, 0.5) is 5.69 Å². The fourth-order valence-corrected chi connectivity index (χ4v) is 1.59. The van der Waals surface area contributed by atoms with Crippen molar-refractivity contribution in [2.75, 3.05) is 11.9 Å². The number of nitrogens with zero attached hydrogens (tertiary/aromatic N) is 1. The average molecular weight is 176 g/mol. The van der Waals surface area contributed by atoms with Crippen LogP contribution in [0, 0.1) is 0 Å². The predicted octanol–water partition coefficient (Wildman–Crippen LogP) is 2.35. The smallest absolute Gasteiger partial charge is 0.0477 e. The van der Waals surface area contributed by atoms with E-state index >= 15 is 0 Å². The zero-order valence-electron chi connectivity index (χ0n) is 8.52. The van der Waals surface area contributed by atoms with Gasteiger partial charge in [0.25, 0.3) is 0 Å². The Balaban J connectivity index is 2.42. The molecule has 1 aromatic rings. The van der Waals surface area contributed by atoms with Gasteiger partial charge in [0.05, 0.1) is 0 Å². The van der Waals surface area contributed by atoms with Crippen LogP contribution in [0.5, 0.6) is 0 Å². The molecule has 0 saturated heterocycles. The summed E-state index contributed by atoms with van der Waals surface area (Å²) in [6.45, 7) is 7.63. The van der Waals surface area contributed by atoms with Crippen LogP contribution in [-0.2, 0) is 11.8 Å². The van der Waals surface area contributed by atoms with E-state index in [1.165, 1.54) is 16.9 Å². The third kappa shape index (κ3) is 1.53. The van der Waals surface area contributed by atoms with Gasteiger partial charge < -0.3 is 5.32 Å². The number of nitrogens with one attached hydrogen (secondary N) is 1. The summed E-state index contributed by atoms with van der Waals surface area (Å²) in [5, 5.41) is 3.37. The molecule has 2 heterocycles. The van der Waals surface area contributed by atoms with Crippen molar-refractivity contribution < 1.29 is 0 Å². The standard InChI is InChI=1S/C11H16N2/c1-11(2,3)10-6-9-8(7-13-10)4-5-12-9/h6-7,12H,4-5H2,1-3H3. The summed E-state index contributed by atoms with van der Waals surface area (Å²) < 4.78 is 0. The molecule has 1 aliphatic heterocycles. The van der Waals surface area contributed by atoms with E-state index in [-0.39, 0.29) is 5.41 Å². The fourth-order valence-electron chi connectivity index (χ4n) is 1.59. The third-order valence-electron chi connectivity index (χ3n) is 2.46.